The maximum absolute atomic E-state index is 13.4. The lowest BCUT2D eigenvalue weighted by atomic mass is 10.2. The van der Waals surface area contributed by atoms with Crippen molar-refractivity contribution < 1.29 is 19.1 Å². The van der Waals surface area contributed by atoms with E-state index in [0.29, 0.717) is 36.0 Å². The molecule has 4 rings (SSSR count). The summed E-state index contributed by atoms with van der Waals surface area (Å²) in [4.78, 5) is 31.8. The molecule has 2 amide bonds. The first-order chi connectivity index (χ1) is 16.1. The van der Waals surface area contributed by atoms with Crippen molar-refractivity contribution in [2.45, 2.75) is 13.5 Å². The molecule has 0 atom stereocenters. The third-order valence-electron chi connectivity index (χ3n) is 5.02. The lowest BCUT2D eigenvalue weighted by Gasteiger charge is -2.23. The highest BCUT2D eigenvalue weighted by Crippen LogP contribution is 2.28. The van der Waals surface area contributed by atoms with Crippen LogP contribution in [0, 0.1) is 6.92 Å². The molecule has 1 aromatic carbocycles. The number of nitrogens with zero attached hydrogens (tertiary/aromatic N) is 3. The quantitative estimate of drug-likeness (QED) is 0.556. The Balaban J connectivity index is 1.53. The Morgan fingerprint density at radius 3 is 2.91 bits per heavy atom. The van der Waals surface area contributed by atoms with E-state index >= 15 is 0 Å². The number of carbonyl (C=O) groups is 2. The number of hydrogen-bond donors (Lipinski definition) is 3. The van der Waals surface area contributed by atoms with E-state index in [1.165, 1.54) is 4.90 Å². The lowest BCUT2D eigenvalue weighted by Crippen LogP contribution is -2.42. The van der Waals surface area contributed by atoms with Crippen LogP contribution in [0.2, 0.25) is 0 Å². The number of carbonyl (C=O) groups excluding carboxylic acids is 2. The number of ether oxygens (including phenoxy) is 2. The van der Waals surface area contributed by atoms with Gasteiger partial charge in [-0.1, -0.05) is 12.1 Å². The molecule has 3 N–H and O–H groups in total. The van der Waals surface area contributed by atoms with Gasteiger partial charge in [0.15, 0.2) is 0 Å². The zero-order valence-corrected chi connectivity index (χ0v) is 18.3. The molecule has 0 radical (unpaired) electrons. The summed E-state index contributed by atoms with van der Waals surface area (Å²) in [6, 6.07) is 12.6. The second-order valence-corrected chi connectivity index (χ2v) is 7.53. The maximum Gasteiger partial charge on any atom is 0.258 e. The van der Waals surface area contributed by atoms with Gasteiger partial charge in [0.25, 0.3) is 5.91 Å². The van der Waals surface area contributed by atoms with Crippen molar-refractivity contribution in [3.8, 4) is 5.75 Å². The molecule has 0 unspecified atom stereocenters. The average Bonchev–Trinajstić information content (AvgIpc) is 3.25. The molecule has 2 aromatic heterocycles. The van der Waals surface area contributed by atoms with Gasteiger partial charge in [0.05, 0.1) is 43.2 Å². The molecule has 0 aliphatic carbocycles. The fourth-order valence-corrected chi connectivity index (χ4v) is 3.39. The Morgan fingerprint density at radius 1 is 1.18 bits per heavy atom. The number of nitrogens with one attached hydrogen (secondary N) is 3. The van der Waals surface area contributed by atoms with E-state index in [-0.39, 0.29) is 38.1 Å². The first kappa shape index (κ1) is 22.3. The van der Waals surface area contributed by atoms with E-state index in [1.54, 1.807) is 18.3 Å². The van der Waals surface area contributed by atoms with Crippen LogP contribution in [0.1, 0.15) is 21.7 Å². The first-order valence-electron chi connectivity index (χ1n) is 10.7. The molecule has 1 aliphatic rings. The summed E-state index contributed by atoms with van der Waals surface area (Å²) in [5.41, 5.74) is 2.66. The molecule has 3 aromatic rings. The molecule has 172 valence electrons. The van der Waals surface area contributed by atoms with Gasteiger partial charge in [-0.3, -0.25) is 14.7 Å². The number of benzene rings is 1. The van der Waals surface area contributed by atoms with Gasteiger partial charge >= 0.3 is 0 Å². The molecular weight excluding hydrogens is 424 g/mol. The molecule has 1 aliphatic heterocycles. The number of aromatic nitrogens is 3. The number of para-hydroxylation sites is 2. The van der Waals surface area contributed by atoms with Crippen molar-refractivity contribution in [1.82, 2.24) is 25.4 Å². The van der Waals surface area contributed by atoms with Gasteiger partial charge in [0.2, 0.25) is 5.91 Å². The predicted octanol–water partition coefficient (Wildman–Crippen LogP) is 2.02. The molecule has 0 saturated carbocycles. The van der Waals surface area contributed by atoms with Crippen LogP contribution in [0.4, 0.5) is 11.5 Å². The van der Waals surface area contributed by atoms with Crippen molar-refractivity contribution in [3.63, 3.8) is 0 Å². The van der Waals surface area contributed by atoms with Crippen LogP contribution in [-0.4, -0.2) is 64.8 Å². The molecule has 3 heterocycles. The third-order valence-corrected chi connectivity index (χ3v) is 5.02. The van der Waals surface area contributed by atoms with Crippen LogP contribution in [0.5, 0.6) is 5.75 Å². The van der Waals surface area contributed by atoms with Crippen LogP contribution in [0.15, 0.2) is 48.7 Å². The van der Waals surface area contributed by atoms with Gasteiger partial charge in [0.1, 0.15) is 18.2 Å². The average molecular weight is 450 g/mol. The van der Waals surface area contributed by atoms with E-state index in [2.05, 4.69) is 25.8 Å². The zero-order valence-electron chi connectivity index (χ0n) is 18.3. The third kappa shape index (κ3) is 5.86. The number of pyridine rings is 1. The highest BCUT2D eigenvalue weighted by molar-refractivity contribution is 6.01. The summed E-state index contributed by atoms with van der Waals surface area (Å²) in [5, 5.41) is 12.9. The standard InChI is InChI=1S/C23H26N6O4/c1-16-13-17(28-27-16)14-25-21(30)15-29-9-10-32-11-12-33-20-7-3-2-6-19(20)26-22-18(23(29)31)5-4-8-24-22/h2-8,13H,9-12,14-15H2,1H3,(H,24,26)(H,25,30)(H,27,28). The molecule has 10 heteroatoms. The van der Waals surface area contributed by atoms with Crippen LogP contribution < -0.4 is 15.4 Å². The Morgan fingerprint density at radius 2 is 2.06 bits per heavy atom. The second kappa shape index (κ2) is 10.6. The largest absolute Gasteiger partial charge is 0.489 e. The minimum atomic E-state index is -0.322. The lowest BCUT2D eigenvalue weighted by molar-refractivity contribution is -0.122. The van der Waals surface area contributed by atoms with Crippen LogP contribution in [0.25, 0.3) is 0 Å². The SMILES string of the molecule is Cc1cc(CNC(=O)CN2CCOCCOc3ccccc3Nc3ncccc3C2=O)n[nH]1. The highest BCUT2D eigenvalue weighted by atomic mass is 16.5. The number of aromatic amines is 1. The van der Waals surface area contributed by atoms with E-state index in [1.807, 2.05) is 37.3 Å². The summed E-state index contributed by atoms with van der Waals surface area (Å²) < 4.78 is 11.5. The number of rotatable bonds is 4. The number of fused-ring (bicyclic) bond motifs is 2. The van der Waals surface area contributed by atoms with Gasteiger partial charge in [-0.25, -0.2) is 4.98 Å². The summed E-state index contributed by atoms with van der Waals surface area (Å²) in [6.07, 6.45) is 1.60. The van der Waals surface area contributed by atoms with Gasteiger partial charge in [-0.2, -0.15) is 5.10 Å². The molecular formula is C23H26N6O4. The maximum atomic E-state index is 13.4. The fraction of sp³-hybridized carbons (Fsp3) is 0.304. The Bertz CT molecular complexity index is 1120. The van der Waals surface area contributed by atoms with Gasteiger partial charge in [0, 0.05) is 18.4 Å². The predicted molar refractivity (Wildman–Crippen MR) is 121 cm³/mol. The van der Waals surface area contributed by atoms with Crippen LogP contribution in [-0.2, 0) is 16.1 Å². The van der Waals surface area contributed by atoms with Crippen LogP contribution >= 0.6 is 0 Å². The zero-order chi connectivity index (χ0) is 23.0. The van der Waals surface area contributed by atoms with E-state index < -0.39 is 0 Å². The van der Waals surface area contributed by atoms with Crippen molar-refractivity contribution in [1.29, 1.82) is 0 Å². The number of aryl methyl sites for hydroxylation is 1. The van der Waals surface area contributed by atoms with Gasteiger partial charge in [-0.05, 0) is 37.3 Å². The summed E-state index contributed by atoms with van der Waals surface area (Å²) in [7, 11) is 0. The summed E-state index contributed by atoms with van der Waals surface area (Å²) >= 11 is 0. The fourth-order valence-electron chi connectivity index (χ4n) is 3.39. The second-order valence-electron chi connectivity index (χ2n) is 7.53. The first-order valence-corrected chi connectivity index (χ1v) is 10.7. The van der Waals surface area contributed by atoms with E-state index in [0.717, 1.165) is 11.4 Å². The summed E-state index contributed by atoms with van der Waals surface area (Å²) in [6.45, 7) is 3.26. The Hall–Kier alpha value is -3.92. The monoisotopic (exact) mass is 450 g/mol. The molecule has 33 heavy (non-hydrogen) atoms. The number of hydrogen-bond acceptors (Lipinski definition) is 7. The van der Waals surface area contributed by atoms with Crippen molar-refractivity contribution in [2.75, 3.05) is 38.2 Å². The highest BCUT2D eigenvalue weighted by Gasteiger charge is 2.23. The molecule has 10 nitrogen and oxygen atoms in total. The summed E-state index contributed by atoms with van der Waals surface area (Å²) in [5.74, 6) is 0.406. The van der Waals surface area contributed by atoms with Crippen molar-refractivity contribution in [3.05, 3.63) is 65.6 Å². The number of H-pyrrole nitrogens is 1. The smallest absolute Gasteiger partial charge is 0.258 e. The Labute approximate surface area is 191 Å². The molecule has 0 fully saturated rings. The molecule has 0 bridgehead atoms. The Kier molecular flexibility index (Phi) is 7.16. The van der Waals surface area contributed by atoms with Crippen LogP contribution in [0.3, 0.4) is 0 Å². The van der Waals surface area contributed by atoms with Gasteiger partial charge in [-0.15, -0.1) is 0 Å². The minimum absolute atomic E-state index is 0.118. The molecule has 0 spiro atoms. The topological polar surface area (TPSA) is 121 Å². The van der Waals surface area contributed by atoms with E-state index in [9.17, 15) is 9.59 Å². The minimum Gasteiger partial charge on any atom is -0.489 e. The van der Waals surface area contributed by atoms with Gasteiger partial charge < -0.3 is 25.0 Å². The normalized spacial score (nSPS) is 14.5. The number of amides is 2. The van der Waals surface area contributed by atoms with Crippen molar-refractivity contribution in [2.24, 2.45) is 0 Å². The number of anilines is 2. The van der Waals surface area contributed by atoms with E-state index in [4.69, 9.17) is 9.47 Å². The van der Waals surface area contributed by atoms with Crippen molar-refractivity contribution >= 4 is 23.3 Å². The molecule has 0 saturated heterocycles.